The lowest BCUT2D eigenvalue weighted by Crippen LogP contribution is -2.24. The topological polar surface area (TPSA) is 75.6 Å². The van der Waals surface area contributed by atoms with Crippen LogP contribution in [0.25, 0.3) is 0 Å². The number of phenols is 1. The van der Waals surface area contributed by atoms with Crippen LogP contribution in [0.15, 0.2) is 30.3 Å². The van der Waals surface area contributed by atoms with Crippen LogP contribution in [-0.2, 0) is 4.79 Å². The summed E-state index contributed by atoms with van der Waals surface area (Å²) in [6.45, 7) is 0.416. The first-order chi connectivity index (χ1) is 14.3. The van der Waals surface area contributed by atoms with Gasteiger partial charge in [-0.2, -0.15) is 8.78 Å². The highest BCUT2D eigenvalue weighted by Gasteiger charge is 2.22. The van der Waals surface area contributed by atoms with Gasteiger partial charge in [0.1, 0.15) is 5.75 Å². The van der Waals surface area contributed by atoms with Gasteiger partial charge in [-0.1, -0.05) is 31.4 Å². The van der Waals surface area contributed by atoms with E-state index in [9.17, 15) is 32.3 Å². The number of nitrogens with one attached hydrogen (secondary N) is 1. The summed E-state index contributed by atoms with van der Waals surface area (Å²) in [7, 11) is 0. The Balaban J connectivity index is 1.61. The summed E-state index contributed by atoms with van der Waals surface area (Å²) in [6, 6.07) is 6.23. The van der Waals surface area contributed by atoms with Gasteiger partial charge in [0.15, 0.2) is 11.6 Å². The third-order valence-electron chi connectivity index (χ3n) is 4.28. The van der Waals surface area contributed by atoms with Crippen LogP contribution in [-0.4, -0.2) is 23.5 Å². The molecule has 2 aromatic rings. The molecule has 0 aliphatic heterocycles. The molecule has 162 valence electrons. The van der Waals surface area contributed by atoms with E-state index in [0.29, 0.717) is 25.8 Å². The molecule has 0 heterocycles. The predicted molar refractivity (Wildman–Crippen MR) is 100 cm³/mol. The second-order valence-electron chi connectivity index (χ2n) is 6.56. The van der Waals surface area contributed by atoms with Crippen molar-refractivity contribution in [1.29, 1.82) is 0 Å². The van der Waals surface area contributed by atoms with Crippen LogP contribution >= 0.6 is 0 Å². The van der Waals surface area contributed by atoms with Gasteiger partial charge in [0.25, 0.3) is 5.91 Å². The molecule has 0 unspecified atom stereocenters. The van der Waals surface area contributed by atoms with Crippen LogP contribution < -0.4 is 10.1 Å². The van der Waals surface area contributed by atoms with Crippen molar-refractivity contribution in [3.8, 4) is 11.5 Å². The number of aromatic hydroxyl groups is 1. The minimum Gasteiger partial charge on any atom is -0.507 e. The van der Waals surface area contributed by atoms with E-state index in [-0.39, 0.29) is 29.7 Å². The maximum Gasteiger partial charge on any atom is 0.311 e. The summed E-state index contributed by atoms with van der Waals surface area (Å²) in [5.41, 5.74) is 0.196. The molecule has 2 rings (SSSR count). The van der Waals surface area contributed by atoms with Crippen molar-refractivity contribution >= 4 is 11.9 Å². The number of unbranched alkanes of at least 4 members (excludes halogenated alkanes) is 4. The summed E-state index contributed by atoms with van der Waals surface area (Å²) >= 11 is 0. The summed E-state index contributed by atoms with van der Waals surface area (Å²) in [6.07, 6.45) is 2.99. The third-order valence-corrected chi connectivity index (χ3v) is 4.28. The number of carbonyl (C=O) groups is 2. The Morgan fingerprint density at radius 3 is 2.17 bits per heavy atom. The third kappa shape index (κ3) is 6.47. The number of carbonyl (C=O) groups excluding carboxylic acids is 2. The van der Waals surface area contributed by atoms with Crippen molar-refractivity contribution in [1.82, 2.24) is 5.32 Å². The van der Waals surface area contributed by atoms with Crippen molar-refractivity contribution in [2.45, 2.75) is 38.5 Å². The van der Waals surface area contributed by atoms with Gasteiger partial charge in [-0.25, -0.2) is 8.78 Å². The van der Waals surface area contributed by atoms with Crippen LogP contribution in [0, 0.1) is 23.3 Å². The van der Waals surface area contributed by atoms with Gasteiger partial charge >= 0.3 is 5.97 Å². The van der Waals surface area contributed by atoms with Crippen LogP contribution in [0.5, 0.6) is 11.5 Å². The van der Waals surface area contributed by atoms with Crippen molar-refractivity contribution < 1.29 is 37.0 Å². The second-order valence-corrected chi connectivity index (χ2v) is 6.56. The van der Waals surface area contributed by atoms with Gasteiger partial charge in [0.05, 0.1) is 5.56 Å². The number of amides is 1. The SMILES string of the molecule is O=C(CCCCCCCNC(=O)c1ccccc1O)Oc1c(F)c(F)cc(F)c1F. The molecular weight excluding hydrogens is 406 g/mol. The zero-order valence-corrected chi connectivity index (χ0v) is 16.0. The first-order valence-electron chi connectivity index (χ1n) is 9.41. The quantitative estimate of drug-likeness (QED) is 0.191. The lowest BCUT2D eigenvalue weighted by molar-refractivity contribution is -0.135. The number of hydrogen-bond acceptors (Lipinski definition) is 4. The van der Waals surface area contributed by atoms with Gasteiger partial charge in [0, 0.05) is 19.0 Å². The molecule has 5 nitrogen and oxygen atoms in total. The number of para-hydroxylation sites is 1. The average molecular weight is 427 g/mol. The monoisotopic (exact) mass is 427 g/mol. The fraction of sp³-hybridized carbons (Fsp3) is 0.333. The number of esters is 1. The van der Waals surface area contributed by atoms with E-state index in [1.807, 2.05) is 0 Å². The summed E-state index contributed by atoms with van der Waals surface area (Å²) in [4.78, 5) is 23.5. The highest BCUT2D eigenvalue weighted by Crippen LogP contribution is 2.27. The van der Waals surface area contributed by atoms with Crippen molar-refractivity contribution in [3.05, 3.63) is 59.2 Å². The van der Waals surface area contributed by atoms with E-state index in [4.69, 9.17) is 0 Å². The summed E-state index contributed by atoms with van der Waals surface area (Å²) in [5.74, 6) is -9.64. The minimum atomic E-state index is -1.76. The van der Waals surface area contributed by atoms with Gasteiger partial charge in [0.2, 0.25) is 17.4 Å². The predicted octanol–water partition coefficient (Wildman–Crippen LogP) is 4.62. The number of benzene rings is 2. The van der Waals surface area contributed by atoms with E-state index in [1.54, 1.807) is 12.1 Å². The smallest absolute Gasteiger partial charge is 0.311 e. The average Bonchev–Trinajstić information content (AvgIpc) is 2.71. The van der Waals surface area contributed by atoms with E-state index >= 15 is 0 Å². The van der Waals surface area contributed by atoms with Crippen molar-refractivity contribution in [3.63, 3.8) is 0 Å². The molecule has 0 atom stereocenters. The Morgan fingerprint density at radius 2 is 1.50 bits per heavy atom. The number of phenolic OH excluding ortho intramolecular Hbond substituents is 1. The van der Waals surface area contributed by atoms with E-state index in [1.165, 1.54) is 12.1 Å². The molecule has 0 saturated heterocycles. The number of ether oxygens (including phenoxy) is 1. The first kappa shape index (κ1) is 23.2. The zero-order chi connectivity index (χ0) is 22.1. The molecule has 1 amide bonds. The summed E-state index contributed by atoms with van der Waals surface area (Å²) < 4.78 is 57.5. The van der Waals surface area contributed by atoms with E-state index in [0.717, 1.165) is 12.8 Å². The Morgan fingerprint density at radius 1 is 0.900 bits per heavy atom. The minimum absolute atomic E-state index is 0.0347. The van der Waals surface area contributed by atoms with Gasteiger partial charge in [-0.3, -0.25) is 9.59 Å². The summed E-state index contributed by atoms with van der Waals surface area (Å²) in [5, 5.41) is 12.3. The maximum atomic E-state index is 13.4. The molecule has 30 heavy (non-hydrogen) atoms. The first-order valence-corrected chi connectivity index (χ1v) is 9.41. The van der Waals surface area contributed by atoms with E-state index in [2.05, 4.69) is 10.1 Å². The zero-order valence-electron chi connectivity index (χ0n) is 16.0. The second kappa shape index (κ2) is 11.2. The normalized spacial score (nSPS) is 10.7. The van der Waals surface area contributed by atoms with Crippen LogP contribution in [0.3, 0.4) is 0 Å². The Kier molecular flexibility index (Phi) is 8.64. The molecule has 0 radical (unpaired) electrons. The fourth-order valence-electron chi connectivity index (χ4n) is 2.69. The van der Waals surface area contributed by atoms with Gasteiger partial charge in [-0.05, 0) is 25.0 Å². The molecule has 0 aromatic heterocycles. The molecular formula is C21H21F4NO4. The number of rotatable bonds is 10. The standard InChI is InChI=1S/C21H21F4NO4/c22-14-12-15(23)19(25)20(18(14)24)30-17(28)10-4-2-1-3-7-11-26-21(29)13-8-5-6-9-16(13)27/h5-6,8-9,12,27H,1-4,7,10-11H2,(H,26,29). The fourth-order valence-corrected chi connectivity index (χ4v) is 2.69. The Bertz CT molecular complexity index is 879. The Hall–Kier alpha value is -3.10. The molecule has 0 spiro atoms. The van der Waals surface area contributed by atoms with Crippen LogP contribution in [0.4, 0.5) is 17.6 Å². The largest absolute Gasteiger partial charge is 0.507 e. The molecule has 0 fully saturated rings. The molecule has 0 aliphatic rings. The van der Waals surface area contributed by atoms with E-state index < -0.39 is 35.0 Å². The lowest BCUT2D eigenvalue weighted by Gasteiger charge is -2.08. The molecule has 9 heteroatoms. The Labute approximate surface area is 170 Å². The van der Waals surface area contributed by atoms with Crippen LogP contribution in [0.2, 0.25) is 0 Å². The van der Waals surface area contributed by atoms with Crippen molar-refractivity contribution in [2.75, 3.05) is 6.54 Å². The molecule has 0 aliphatic carbocycles. The van der Waals surface area contributed by atoms with Gasteiger partial charge in [-0.15, -0.1) is 0 Å². The highest BCUT2D eigenvalue weighted by molar-refractivity contribution is 5.96. The van der Waals surface area contributed by atoms with Crippen LogP contribution in [0.1, 0.15) is 48.9 Å². The molecule has 2 N–H and O–H groups in total. The number of halogens is 4. The highest BCUT2D eigenvalue weighted by atomic mass is 19.2. The van der Waals surface area contributed by atoms with Gasteiger partial charge < -0.3 is 15.2 Å². The maximum absolute atomic E-state index is 13.4. The molecule has 0 bridgehead atoms. The molecule has 2 aromatic carbocycles. The molecule has 0 saturated carbocycles. The lowest BCUT2D eigenvalue weighted by atomic mass is 10.1. The van der Waals surface area contributed by atoms with Crippen molar-refractivity contribution in [2.24, 2.45) is 0 Å². The number of hydrogen-bond donors (Lipinski definition) is 2.